The van der Waals surface area contributed by atoms with Crippen LogP contribution in [-0.2, 0) is 7.05 Å². The van der Waals surface area contributed by atoms with E-state index in [9.17, 15) is 10.1 Å². The van der Waals surface area contributed by atoms with Crippen molar-refractivity contribution in [3.8, 4) is 6.07 Å². The number of nitrogens with one attached hydrogen (secondary N) is 1. The van der Waals surface area contributed by atoms with Crippen LogP contribution in [0.3, 0.4) is 0 Å². The van der Waals surface area contributed by atoms with Gasteiger partial charge < -0.3 is 5.32 Å². The molecule has 0 saturated heterocycles. The Balaban J connectivity index is 2.09. The summed E-state index contributed by atoms with van der Waals surface area (Å²) in [4.78, 5) is 12.0. The topological polar surface area (TPSA) is 70.7 Å². The smallest absolute Gasteiger partial charge is 0.255 e. The van der Waals surface area contributed by atoms with E-state index in [0.717, 1.165) is 32.1 Å². The molecule has 1 amide bonds. The fourth-order valence-electron chi connectivity index (χ4n) is 2.25. The molecular formula is C12H16N4O. The maximum atomic E-state index is 12.0. The number of rotatable bonds is 2. The maximum absolute atomic E-state index is 12.0. The lowest BCUT2D eigenvalue weighted by atomic mass is 9.82. The van der Waals surface area contributed by atoms with Crippen LogP contribution in [0, 0.1) is 11.3 Å². The van der Waals surface area contributed by atoms with Crippen LogP contribution in [0.2, 0.25) is 0 Å². The molecule has 17 heavy (non-hydrogen) atoms. The summed E-state index contributed by atoms with van der Waals surface area (Å²) >= 11 is 0. The second kappa shape index (κ2) is 4.58. The number of carbonyl (C=O) groups is 1. The summed E-state index contributed by atoms with van der Waals surface area (Å²) in [5.74, 6) is -0.207. The summed E-state index contributed by atoms with van der Waals surface area (Å²) in [5, 5.41) is 16.1. The molecule has 0 aliphatic heterocycles. The van der Waals surface area contributed by atoms with Crippen molar-refractivity contribution in [2.75, 3.05) is 0 Å². The number of hydrogen-bond acceptors (Lipinski definition) is 3. The molecule has 5 heteroatoms. The third-order valence-electron chi connectivity index (χ3n) is 3.24. The molecule has 0 bridgehead atoms. The van der Waals surface area contributed by atoms with Crippen molar-refractivity contribution in [1.29, 1.82) is 5.26 Å². The third kappa shape index (κ3) is 2.47. The molecule has 5 nitrogen and oxygen atoms in total. The minimum Gasteiger partial charge on any atom is -0.334 e. The Labute approximate surface area is 100 Å². The zero-order valence-corrected chi connectivity index (χ0v) is 9.94. The van der Waals surface area contributed by atoms with Gasteiger partial charge in [0.05, 0.1) is 17.8 Å². The second-order valence-electron chi connectivity index (χ2n) is 4.61. The van der Waals surface area contributed by atoms with Crippen molar-refractivity contribution in [1.82, 2.24) is 15.1 Å². The quantitative estimate of drug-likeness (QED) is 0.837. The van der Waals surface area contributed by atoms with Gasteiger partial charge in [-0.2, -0.15) is 10.4 Å². The first-order valence-electron chi connectivity index (χ1n) is 5.88. The van der Waals surface area contributed by atoms with Gasteiger partial charge in [0.15, 0.2) is 0 Å². The first-order valence-corrected chi connectivity index (χ1v) is 5.88. The molecule has 0 radical (unpaired) electrons. The molecule has 1 saturated carbocycles. The number of carbonyl (C=O) groups excluding carboxylic acids is 1. The van der Waals surface area contributed by atoms with Gasteiger partial charge in [-0.1, -0.05) is 19.3 Å². The number of nitriles is 1. The van der Waals surface area contributed by atoms with Crippen molar-refractivity contribution in [3.63, 3.8) is 0 Å². The van der Waals surface area contributed by atoms with E-state index in [1.165, 1.54) is 6.20 Å². The van der Waals surface area contributed by atoms with Crippen LogP contribution in [0.1, 0.15) is 42.5 Å². The fraction of sp³-hybridized carbons (Fsp3) is 0.583. The van der Waals surface area contributed by atoms with E-state index in [-0.39, 0.29) is 5.91 Å². The first-order chi connectivity index (χ1) is 8.15. The zero-order valence-electron chi connectivity index (χ0n) is 9.94. The average Bonchev–Trinajstić information content (AvgIpc) is 2.77. The molecule has 0 aromatic carbocycles. The van der Waals surface area contributed by atoms with Crippen molar-refractivity contribution >= 4 is 5.91 Å². The van der Waals surface area contributed by atoms with E-state index in [0.29, 0.717) is 5.56 Å². The van der Waals surface area contributed by atoms with Crippen molar-refractivity contribution < 1.29 is 4.79 Å². The third-order valence-corrected chi connectivity index (χ3v) is 3.24. The Morgan fingerprint density at radius 1 is 1.53 bits per heavy atom. The highest BCUT2D eigenvalue weighted by Gasteiger charge is 2.33. The van der Waals surface area contributed by atoms with Gasteiger partial charge in [0.2, 0.25) is 0 Å². The van der Waals surface area contributed by atoms with E-state index in [4.69, 9.17) is 0 Å². The highest BCUT2D eigenvalue weighted by molar-refractivity contribution is 5.94. The van der Waals surface area contributed by atoms with Crippen molar-refractivity contribution in [2.24, 2.45) is 7.05 Å². The molecule has 1 aromatic rings. The lowest BCUT2D eigenvalue weighted by Crippen LogP contribution is -2.48. The number of hydrogen-bond donors (Lipinski definition) is 1. The average molecular weight is 232 g/mol. The minimum absolute atomic E-state index is 0.207. The highest BCUT2D eigenvalue weighted by Crippen LogP contribution is 2.27. The fourth-order valence-corrected chi connectivity index (χ4v) is 2.25. The summed E-state index contributed by atoms with van der Waals surface area (Å²) in [6.07, 6.45) is 7.81. The van der Waals surface area contributed by atoms with E-state index < -0.39 is 5.54 Å². The lowest BCUT2D eigenvalue weighted by molar-refractivity contribution is 0.0902. The molecule has 0 atom stereocenters. The molecule has 1 heterocycles. The predicted octanol–water partition coefficient (Wildman–Crippen LogP) is 1.38. The van der Waals surface area contributed by atoms with Crippen molar-refractivity contribution in [2.45, 2.75) is 37.6 Å². The molecule has 1 aromatic heterocycles. The summed E-state index contributed by atoms with van der Waals surface area (Å²) in [6, 6.07) is 2.27. The Morgan fingerprint density at radius 2 is 2.24 bits per heavy atom. The number of aryl methyl sites for hydroxylation is 1. The number of nitrogens with zero attached hydrogens (tertiary/aromatic N) is 3. The molecule has 0 unspecified atom stereocenters. The molecule has 1 fully saturated rings. The van der Waals surface area contributed by atoms with Gasteiger partial charge in [-0.25, -0.2) is 0 Å². The lowest BCUT2D eigenvalue weighted by Gasteiger charge is -2.31. The standard InChI is InChI=1S/C12H16N4O/c1-16-8-10(7-14-16)11(17)15-12(9-13)5-3-2-4-6-12/h7-8H,2-6H2,1H3,(H,15,17). The Kier molecular flexibility index (Phi) is 3.14. The highest BCUT2D eigenvalue weighted by atomic mass is 16.1. The number of amides is 1. The Bertz CT molecular complexity index is 451. The summed E-state index contributed by atoms with van der Waals surface area (Å²) < 4.78 is 1.58. The monoisotopic (exact) mass is 232 g/mol. The van der Waals surface area contributed by atoms with Crippen molar-refractivity contribution in [3.05, 3.63) is 18.0 Å². The molecule has 1 N–H and O–H groups in total. The van der Waals surface area contributed by atoms with Gasteiger partial charge in [0.1, 0.15) is 5.54 Å². The van der Waals surface area contributed by atoms with Gasteiger partial charge in [-0.05, 0) is 12.8 Å². The summed E-state index contributed by atoms with van der Waals surface area (Å²) in [5.41, 5.74) is -0.168. The van der Waals surface area contributed by atoms with Gasteiger partial charge in [-0.15, -0.1) is 0 Å². The van der Waals surface area contributed by atoms with E-state index in [2.05, 4.69) is 16.5 Å². The SMILES string of the molecule is Cn1cc(C(=O)NC2(C#N)CCCCC2)cn1. The zero-order chi connectivity index (χ0) is 12.3. The maximum Gasteiger partial charge on any atom is 0.255 e. The molecule has 2 rings (SSSR count). The normalized spacial score (nSPS) is 18.4. The molecule has 90 valence electrons. The van der Waals surface area contributed by atoms with E-state index in [1.807, 2.05) is 0 Å². The molecule has 0 spiro atoms. The van der Waals surface area contributed by atoms with Gasteiger partial charge in [0, 0.05) is 13.2 Å². The van der Waals surface area contributed by atoms with Crippen LogP contribution in [0.15, 0.2) is 12.4 Å². The van der Waals surface area contributed by atoms with E-state index in [1.54, 1.807) is 17.9 Å². The van der Waals surface area contributed by atoms with E-state index >= 15 is 0 Å². The summed E-state index contributed by atoms with van der Waals surface area (Å²) in [7, 11) is 1.76. The van der Waals surface area contributed by atoms with Gasteiger partial charge in [-0.3, -0.25) is 9.48 Å². The van der Waals surface area contributed by atoms with Gasteiger partial charge in [0.25, 0.3) is 5.91 Å². The van der Waals surface area contributed by atoms with Crippen LogP contribution in [0.25, 0.3) is 0 Å². The molecule has 1 aliphatic rings. The summed E-state index contributed by atoms with van der Waals surface area (Å²) in [6.45, 7) is 0. The predicted molar refractivity (Wildman–Crippen MR) is 62.1 cm³/mol. The van der Waals surface area contributed by atoms with Gasteiger partial charge >= 0.3 is 0 Å². The Morgan fingerprint density at radius 3 is 2.76 bits per heavy atom. The molecule has 1 aliphatic carbocycles. The number of aromatic nitrogens is 2. The first kappa shape index (κ1) is 11.6. The van der Waals surface area contributed by atoms with Crippen LogP contribution in [0.4, 0.5) is 0 Å². The van der Waals surface area contributed by atoms with Crippen LogP contribution in [-0.4, -0.2) is 21.2 Å². The van der Waals surface area contributed by atoms with Crippen LogP contribution in [0.5, 0.6) is 0 Å². The minimum atomic E-state index is -0.675. The van der Waals surface area contributed by atoms with Crippen LogP contribution < -0.4 is 5.32 Å². The second-order valence-corrected chi connectivity index (χ2v) is 4.61. The van der Waals surface area contributed by atoms with Crippen LogP contribution >= 0.6 is 0 Å². The largest absolute Gasteiger partial charge is 0.334 e. The Hall–Kier alpha value is -1.83. The molecular weight excluding hydrogens is 216 g/mol.